The molecule has 0 bridgehead atoms. The number of amides is 4. The highest BCUT2D eigenvalue weighted by atomic mass is 16.3. The normalized spacial score (nSPS) is 28.8. The van der Waals surface area contributed by atoms with E-state index in [0.29, 0.717) is 12.8 Å². The summed E-state index contributed by atoms with van der Waals surface area (Å²) in [6.45, 7) is 0.426. The summed E-state index contributed by atoms with van der Waals surface area (Å²) in [5.74, 6) is -3.61. The molecule has 6 unspecified atom stereocenters. The Kier molecular flexibility index (Phi) is 6.11. The number of carbonyl (C=O) groups is 4. The zero-order chi connectivity index (χ0) is 28.2. The van der Waals surface area contributed by atoms with Gasteiger partial charge in [-0.05, 0) is 47.6 Å². The van der Waals surface area contributed by atoms with E-state index in [0.717, 1.165) is 22.3 Å². The van der Waals surface area contributed by atoms with Crippen molar-refractivity contribution in [1.29, 1.82) is 0 Å². The highest BCUT2D eigenvalue weighted by Gasteiger charge is 2.61. The molecule has 4 amide bonds. The molecule has 1 saturated carbocycles. The second kappa shape index (κ2) is 9.84. The minimum atomic E-state index is -0.595. The molecule has 2 aliphatic carbocycles. The predicted octanol–water partition coefficient (Wildman–Crippen LogP) is 4.43. The third kappa shape index (κ3) is 4.10. The van der Waals surface area contributed by atoms with Crippen molar-refractivity contribution in [2.75, 3.05) is 0 Å². The van der Waals surface area contributed by atoms with E-state index in [4.69, 9.17) is 0 Å². The van der Waals surface area contributed by atoms with E-state index in [2.05, 4.69) is 0 Å². The van der Waals surface area contributed by atoms with Gasteiger partial charge in [-0.15, -0.1) is 0 Å². The van der Waals surface area contributed by atoms with Crippen molar-refractivity contribution in [3.63, 3.8) is 0 Å². The maximum atomic E-state index is 14.0. The van der Waals surface area contributed by atoms with Crippen molar-refractivity contribution >= 4 is 23.6 Å². The number of nitrogens with zero attached hydrogens (tertiary/aromatic N) is 2. The molecule has 7 heteroatoms. The molecule has 0 radical (unpaired) electrons. The van der Waals surface area contributed by atoms with Crippen LogP contribution in [0.2, 0.25) is 0 Å². The second-order valence-electron chi connectivity index (χ2n) is 11.6. The van der Waals surface area contributed by atoms with Crippen LogP contribution in [0.4, 0.5) is 0 Å². The summed E-state index contributed by atoms with van der Waals surface area (Å²) in [5, 5.41) is 9.98. The van der Waals surface area contributed by atoms with E-state index in [1.54, 1.807) is 24.3 Å². The van der Waals surface area contributed by atoms with Crippen molar-refractivity contribution < 1.29 is 24.3 Å². The number of imide groups is 2. The molecule has 2 heterocycles. The average Bonchev–Trinajstić information content (AvgIpc) is 3.38. The van der Waals surface area contributed by atoms with Crippen molar-refractivity contribution in [1.82, 2.24) is 9.80 Å². The molecule has 206 valence electrons. The van der Waals surface area contributed by atoms with Crippen LogP contribution in [0.3, 0.4) is 0 Å². The summed E-state index contributed by atoms with van der Waals surface area (Å²) in [5.41, 5.74) is 3.55. The van der Waals surface area contributed by atoms with E-state index in [9.17, 15) is 24.3 Å². The number of aromatic hydroxyl groups is 1. The van der Waals surface area contributed by atoms with Gasteiger partial charge in [0, 0.05) is 5.92 Å². The molecule has 3 aromatic rings. The van der Waals surface area contributed by atoms with Crippen LogP contribution in [0.25, 0.3) is 0 Å². The van der Waals surface area contributed by atoms with E-state index in [1.807, 2.05) is 66.7 Å². The van der Waals surface area contributed by atoms with Crippen LogP contribution in [-0.4, -0.2) is 38.5 Å². The van der Waals surface area contributed by atoms with Crippen LogP contribution >= 0.6 is 0 Å². The number of phenols is 1. The van der Waals surface area contributed by atoms with Gasteiger partial charge in [-0.3, -0.25) is 29.0 Å². The maximum absolute atomic E-state index is 14.0. The maximum Gasteiger partial charge on any atom is 0.234 e. The molecule has 0 aromatic heterocycles. The molecular weight excluding hydrogens is 516 g/mol. The Morgan fingerprint density at radius 1 is 0.610 bits per heavy atom. The molecule has 6 atom stereocenters. The zero-order valence-corrected chi connectivity index (χ0v) is 22.4. The molecule has 2 aliphatic heterocycles. The van der Waals surface area contributed by atoms with E-state index < -0.39 is 29.6 Å². The Morgan fingerprint density at radius 2 is 1.15 bits per heavy atom. The summed E-state index contributed by atoms with van der Waals surface area (Å²) < 4.78 is 0. The number of hydrogen-bond donors (Lipinski definition) is 1. The number of rotatable bonds is 5. The summed E-state index contributed by atoms with van der Waals surface area (Å²) in [7, 11) is 0. The van der Waals surface area contributed by atoms with Crippen molar-refractivity contribution in [2.45, 2.75) is 31.8 Å². The number of benzene rings is 3. The van der Waals surface area contributed by atoms with Gasteiger partial charge in [0.1, 0.15) is 5.75 Å². The standard InChI is InChI=1S/C34H30N2O5/c37-23-13-11-22(12-14-23)28-24-15-16-25-29(33(40)35(31(25)38)18-20-7-3-1-4-8-20)26(24)17-27-30(28)34(41)36(32(27)39)19-21-9-5-2-6-10-21/h1-15,25-30,37H,16-19H2. The topological polar surface area (TPSA) is 95.0 Å². The molecular formula is C34H30N2O5. The van der Waals surface area contributed by atoms with Crippen molar-refractivity contribution in [3.8, 4) is 5.75 Å². The van der Waals surface area contributed by atoms with Crippen LogP contribution in [0.15, 0.2) is 96.6 Å². The van der Waals surface area contributed by atoms with Gasteiger partial charge < -0.3 is 5.11 Å². The van der Waals surface area contributed by atoms with E-state index >= 15 is 0 Å². The van der Waals surface area contributed by atoms with Crippen molar-refractivity contribution in [2.24, 2.45) is 29.6 Å². The van der Waals surface area contributed by atoms with Crippen LogP contribution < -0.4 is 0 Å². The van der Waals surface area contributed by atoms with Crippen molar-refractivity contribution in [3.05, 3.63) is 113 Å². The lowest BCUT2D eigenvalue weighted by atomic mass is 9.57. The van der Waals surface area contributed by atoms with Gasteiger partial charge in [-0.25, -0.2) is 0 Å². The quantitative estimate of drug-likeness (QED) is 0.378. The molecule has 2 saturated heterocycles. The molecule has 0 spiro atoms. The largest absolute Gasteiger partial charge is 0.508 e. The first-order valence-corrected chi connectivity index (χ1v) is 14.2. The molecule has 3 aromatic carbocycles. The van der Waals surface area contributed by atoms with Crippen LogP contribution in [-0.2, 0) is 32.3 Å². The number of hydrogen-bond acceptors (Lipinski definition) is 5. The Hall–Kier alpha value is -4.52. The Labute approximate surface area is 238 Å². The van der Waals surface area contributed by atoms with Gasteiger partial charge in [0.15, 0.2) is 0 Å². The van der Waals surface area contributed by atoms with Crippen LogP contribution in [0.5, 0.6) is 5.75 Å². The predicted molar refractivity (Wildman–Crippen MR) is 150 cm³/mol. The molecule has 41 heavy (non-hydrogen) atoms. The highest BCUT2D eigenvalue weighted by molar-refractivity contribution is 6.07. The first-order chi connectivity index (χ1) is 19.9. The first-order valence-electron chi connectivity index (χ1n) is 14.2. The first kappa shape index (κ1) is 25.4. The number of fused-ring (bicyclic) bond motifs is 4. The van der Waals surface area contributed by atoms with Gasteiger partial charge in [0.25, 0.3) is 0 Å². The number of allylic oxidation sites excluding steroid dienone is 2. The fraction of sp³-hybridized carbons (Fsp3) is 0.294. The smallest absolute Gasteiger partial charge is 0.234 e. The lowest BCUT2D eigenvalue weighted by molar-refractivity contribution is -0.142. The summed E-state index contributed by atoms with van der Waals surface area (Å²) in [6, 6.07) is 25.7. The monoisotopic (exact) mass is 546 g/mol. The number of carbonyl (C=O) groups excluding carboxylic acids is 4. The Balaban J connectivity index is 1.27. The molecule has 3 fully saturated rings. The summed E-state index contributed by atoms with van der Waals surface area (Å²) in [4.78, 5) is 58.1. The third-order valence-electron chi connectivity index (χ3n) is 9.45. The highest BCUT2D eigenvalue weighted by Crippen LogP contribution is 2.58. The van der Waals surface area contributed by atoms with Gasteiger partial charge in [0.05, 0.1) is 36.8 Å². The second-order valence-corrected chi connectivity index (χ2v) is 11.6. The number of likely N-dealkylation sites (tertiary alicyclic amines) is 2. The van der Waals surface area contributed by atoms with Gasteiger partial charge in [-0.2, -0.15) is 0 Å². The fourth-order valence-electron chi connectivity index (χ4n) is 7.62. The molecule has 7 rings (SSSR count). The van der Waals surface area contributed by atoms with Crippen LogP contribution in [0.1, 0.15) is 35.4 Å². The Morgan fingerprint density at radius 3 is 1.73 bits per heavy atom. The lowest BCUT2D eigenvalue weighted by Crippen LogP contribution is -2.43. The third-order valence-corrected chi connectivity index (χ3v) is 9.45. The van der Waals surface area contributed by atoms with E-state index in [-0.39, 0.29) is 48.4 Å². The molecule has 4 aliphatic rings. The Bertz CT molecular complexity index is 1570. The minimum absolute atomic E-state index is 0.114. The SMILES string of the molecule is O=C1C2CC=C3C(CC4C(=O)N(Cc5ccccc5)C(=O)C4C3c3ccc(O)cc3)C2C(=O)N1Cc1ccccc1. The molecule has 1 N–H and O–H groups in total. The molecule has 7 nitrogen and oxygen atoms in total. The van der Waals surface area contributed by atoms with E-state index in [1.165, 1.54) is 9.80 Å². The number of phenolic OH excluding ortho intramolecular Hbond substituents is 1. The van der Waals surface area contributed by atoms with Gasteiger partial charge in [0.2, 0.25) is 23.6 Å². The fourth-order valence-corrected chi connectivity index (χ4v) is 7.62. The average molecular weight is 547 g/mol. The minimum Gasteiger partial charge on any atom is -0.508 e. The summed E-state index contributed by atoms with van der Waals surface area (Å²) in [6.07, 6.45) is 2.84. The zero-order valence-electron chi connectivity index (χ0n) is 22.4. The lowest BCUT2D eigenvalue weighted by Gasteiger charge is -2.44. The van der Waals surface area contributed by atoms with Gasteiger partial charge in [-0.1, -0.05) is 84.4 Å². The van der Waals surface area contributed by atoms with Gasteiger partial charge >= 0.3 is 0 Å². The summed E-state index contributed by atoms with van der Waals surface area (Å²) >= 11 is 0. The van der Waals surface area contributed by atoms with Crippen LogP contribution in [0, 0.1) is 29.6 Å².